The number of aryl methyl sites for hydroxylation is 1. The molecule has 1 amide bonds. The van der Waals surface area contributed by atoms with Crippen molar-refractivity contribution < 1.29 is 9.18 Å². The summed E-state index contributed by atoms with van der Waals surface area (Å²) in [5.41, 5.74) is 7.11. The smallest absolute Gasteiger partial charge is 0.259 e. The van der Waals surface area contributed by atoms with E-state index in [0.717, 1.165) is 10.6 Å². The first kappa shape index (κ1) is 18.1. The lowest BCUT2D eigenvalue weighted by atomic mass is 10.2. The van der Waals surface area contributed by atoms with Gasteiger partial charge in [0.05, 0.1) is 24.4 Å². The predicted molar refractivity (Wildman–Crippen MR) is 100 cm³/mol. The fourth-order valence-corrected chi connectivity index (χ4v) is 3.87. The summed E-state index contributed by atoms with van der Waals surface area (Å²) in [6, 6.07) is 7.68. The maximum absolute atomic E-state index is 13.1. The van der Waals surface area contributed by atoms with Crippen LogP contribution in [0.2, 0.25) is 0 Å². The highest BCUT2D eigenvalue weighted by Gasteiger charge is 2.16. The molecule has 0 saturated carbocycles. The Morgan fingerprint density at radius 1 is 1.35 bits per heavy atom. The second-order valence-corrected chi connectivity index (χ2v) is 7.12. The molecule has 0 aliphatic rings. The number of halogens is 1. The molecule has 3 aromatic rings. The van der Waals surface area contributed by atoms with Crippen molar-refractivity contribution in [3.8, 4) is 0 Å². The number of rotatable bonds is 6. The molecule has 0 unspecified atom stereocenters. The molecule has 1 aromatic carbocycles. The van der Waals surface area contributed by atoms with Crippen LogP contribution in [0.5, 0.6) is 0 Å². The summed E-state index contributed by atoms with van der Waals surface area (Å²) >= 11 is 1.36. The van der Waals surface area contributed by atoms with Crippen LogP contribution < -0.4 is 16.2 Å². The van der Waals surface area contributed by atoms with E-state index in [1.165, 1.54) is 33.9 Å². The van der Waals surface area contributed by atoms with Crippen LogP contribution in [0.3, 0.4) is 0 Å². The molecule has 0 fully saturated rings. The van der Waals surface area contributed by atoms with Gasteiger partial charge in [-0.1, -0.05) is 0 Å². The van der Waals surface area contributed by atoms with Crippen LogP contribution in [-0.2, 0) is 17.8 Å². The summed E-state index contributed by atoms with van der Waals surface area (Å²) in [5, 5.41) is 0. The molecule has 0 spiro atoms. The minimum atomic E-state index is -0.489. The molecule has 2 aromatic heterocycles. The van der Waals surface area contributed by atoms with E-state index in [4.69, 9.17) is 5.73 Å². The second kappa shape index (κ2) is 7.25. The van der Waals surface area contributed by atoms with E-state index in [0.29, 0.717) is 29.4 Å². The standard InChI is InChI=1S/C18H19FN4O2S/c1-3-22(14-6-4-12(19)5-7-14)10-13-8-17(25)23-15(9-16(20)24)11(2)26-18(23)21-13/h4-8H,3,9-10H2,1-2H3,(H2,20,24). The Kier molecular flexibility index (Phi) is 5.03. The lowest BCUT2D eigenvalue weighted by Gasteiger charge is -2.22. The number of thiazole rings is 1. The van der Waals surface area contributed by atoms with E-state index < -0.39 is 5.91 Å². The molecule has 0 saturated heterocycles. The number of carbonyl (C=O) groups excluding carboxylic acids is 1. The summed E-state index contributed by atoms with van der Waals surface area (Å²) in [6.07, 6.45) is 0.00340. The summed E-state index contributed by atoms with van der Waals surface area (Å²) in [7, 11) is 0. The zero-order valence-electron chi connectivity index (χ0n) is 14.5. The van der Waals surface area contributed by atoms with Crippen LogP contribution in [-0.4, -0.2) is 21.8 Å². The lowest BCUT2D eigenvalue weighted by Crippen LogP contribution is -2.25. The van der Waals surface area contributed by atoms with Crippen molar-refractivity contribution in [2.75, 3.05) is 11.4 Å². The van der Waals surface area contributed by atoms with E-state index in [-0.39, 0.29) is 17.8 Å². The molecule has 0 aliphatic carbocycles. The van der Waals surface area contributed by atoms with Crippen molar-refractivity contribution in [1.82, 2.24) is 9.38 Å². The highest BCUT2D eigenvalue weighted by molar-refractivity contribution is 7.17. The quantitative estimate of drug-likeness (QED) is 0.718. The van der Waals surface area contributed by atoms with E-state index in [1.54, 1.807) is 12.1 Å². The van der Waals surface area contributed by atoms with Crippen molar-refractivity contribution in [2.45, 2.75) is 26.8 Å². The number of carbonyl (C=O) groups is 1. The Bertz CT molecular complexity index is 1010. The second-order valence-electron chi connectivity index (χ2n) is 5.94. The van der Waals surface area contributed by atoms with E-state index in [2.05, 4.69) is 4.98 Å². The van der Waals surface area contributed by atoms with Crippen molar-refractivity contribution in [2.24, 2.45) is 5.73 Å². The molecule has 6 nitrogen and oxygen atoms in total. The van der Waals surface area contributed by atoms with E-state index >= 15 is 0 Å². The first-order valence-corrected chi connectivity index (χ1v) is 9.00. The van der Waals surface area contributed by atoms with Gasteiger partial charge in [0.25, 0.3) is 5.56 Å². The molecule has 0 bridgehead atoms. The van der Waals surface area contributed by atoms with Gasteiger partial charge in [-0.15, -0.1) is 11.3 Å². The van der Waals surface area contributed by atoms with Crippen LogP contribution in [0.15, 0.2) is 35.1 Å². The maximum atomic E-state index is 13.1. The Balaban J connectivity index is 1.97. The third-order valence-electron chi connectivity index (χ3n) is 4.13. The normalized spacial score (nSPS) is 11.0. The van der Waals surface area contributed by atoms with Crippen LogP contribution in [0.25, 0.3) is 4.96 Å². The molecule has 2 N–H and O–H groups in total. The highest BCUT2D eigenvalue weighted by atomic mass is 32.1. The van der Waals surface area contributed by atoms with Gasteiger partial charge in [-0.3, -0.25) is 14.0 Å². The molecule has 3 rings (SSSR count). The molecule has 26 heavy (non-hydrogen) atoms. The Morgan fingerprint density at radius 3 is 2.65 bits per heavy atom. The van der Waals surface area contributed by atoms with Crippen LogP contribution in [0.1, 0.15) is 23.2 Å². The van der Waals surface area contributed by atoms with Gasteiger partial charge in [-0.05, 0) is 38.1 Å². The van der Waals surface area contributed by atoms with Gasteiger partial charge in [0, 0.05) is 23.2 Å². The van der Waals surface area contributed by atoms with Gasteiger partial charge >= 0.3 is 0 Å². The molecule has 8 heteroatoms. The largest absolute Gasteiger partial charge is 0.369 e. The van der Waals surface area contributed by atoms with E-state index in [9.17, 15) is 14.0 Å². The fraction of sp³-hybridized carbons (Fsp3) is 0.278. The average Bonchev–Trinajstić information content (AvgIpc) is 2.89. The summed E-state index contributed by atoms with van der Waals surface area (Å²) < 4.78 is 14.6. The number of benzene rings is 1. The number of hydrogen-bond acceptors (Lipinski definition) is 5. The number of nitrogens with two attached hydrogens (primary N) is 1. The minimum absolute atomic E-state index is 0.00340. The highest BCUT2D eigenvalue weighted by Crippen LogP contribution is 2.21. The molecule has 2 heterocycles. The zero-order chi connectivity index (χ0) is 18.8. The number of fused-ring (bicyclic) bond motifs is 1. The van der Waals surface area contributed by atoms with Crippen molar-refractivity contribution in [3.63, 3.8) is 0 Å². The van der Waals surface area contributed by atoms with Gasteiger partial charge in [-0.25, -0.2) is 9.37 Å². The monoisotopic (exact) mass is 374 g/mol. The molecule has 0 atom stereocenters. The Labute approximate surface area is 153 Å². The van der Waals surface area contributed by atoms with Gasteiger partial charge in [0.2, 0.25) is 5.91 Å². The minimum Gasteiger partial charge on any atom is -0.369 e. The van der Waals surface area contributed by atoms with Gasteiger partial charge in [-0.2, -0.15) is 0 Å². The number of amides is 1. The average molecular weight is 374 g/mol. The summed E-state index contributed by atoms with van der Waals surface area (Å²) in [5.74, 6) is -0.782. The lowest BCUT2D eigenvalue weighted by molar-refractivity contribution is -0.117. The number of hydrogen-bond donors (Lipinski definition) is 1. The van der Waals surface area contributed by atoms with Gasteiger partial charge in [0.15, 0.2) is 4.96 Å². The molecule has 136 valence electrons. The molecular weight excluding hydrogens is 355 g/mol. The molecule has 0 radical (unpaired) electrons. The summed E-state index contributed by atoms with van der Waals surface area (Å²) in [6.45, 7) is 4.93. The van der Waals surface area contributed by atoms with Crippen molar-refractivity contribution in [3.05, 3.63) is 62.8 Å². The van der Waals surface area contributed by atoms with E-state index in [1.807, 2.05) is 18.7 Å². The number of primary amides is 1. The topological polar surface area (TPSA) is 80.7 Å². The van der Waals surface area contributed by atoms with Crippen LogP contribution >= 0.6 is 11.3 Å². The molecule has 0 aliphatic heterocycles. The number of anilines is 1. The number of nitrogens with zero attached hydrogens (tertiary/aromatic N) is 3. The Morgan fingerprint density at radius 2 is 2.04 bits per heavy atom. The van der Waals surface area contributed by atoms with Gasteiger partial charge in [0.1, 0.15) is 5.82 Å². The summed E-state index contributed by atoms with van der Waals surface area (Å²) in [4.78, 5) is 31.8. The Hall–Kier alpha value is -2.74. The zero-order valence-corrected chi connectivity index (χ0v) is 15.3. The third kappa shape index (κ3) is 3.60. The van der Waals surface area contributed by atoms with Gasteiger partial charge < -0.3 is 10.6 Å². The van der Waals surface area contributed by atoms with Crippen LogP contribution in [0.4, 0.5) is 10.1 Å². The maximum Gasteiger partial charge on any atom is 0.259 e. The van der Waals surface area contributed by atoms with Crippen LogP contribution in [0, 0.1) is 12.7 Å². The number of aromatic nitrogens is 2. The fourth-order valence-electron chi connectivity index (χ4n) is 2.86. The third-order valence-corrected chi connectivity index (χ3v) is 5.13. The first-order chi connectivity index (χ1) is 12.4. The molecular formula is C18H19FN4O2S. The van der Waals surface area contributed by atoms with Crippen molar-refractivity contribution in [1.29, 1.82) is 0 Å². The first-order valence-electron chi connectivity index (χ1n) is 8.18. The van der Waals surface area contributed by atoms with Crippen molar-refractivity contribution >= 4 is 27.9 Å². The SMILES string of the molecule is CCN(Cc1cc(=O)n2c(CC(N)=O)c(C)sc2n1)c1ccc(F)cc1. The predicted octanol–water partition coefficient (Wildman–Crippen LogP) is 2.26.